The Balaban J connectivity index is 0. The van der Waals surface area contributed by atoms with Gasteiger partial charge >= 0.3 is 0 Å². The molecule has 0 heterocycles. The minimum atomic E-state index is -1.56. The summed E-state index contributed by atoms with van der Waals surface area (Å²) in [6.07, 6.45) is -0.678. The summed E-state index contributed by atoms with van der Waals surface area (Å²) in [5, 5.41) is 28.3. The van der Waals surface area contributed by atoms with Gasteiger partial charge in [0.25, 0.3) is 0 Å². The summed E-state index contributed by atoms with van der Waals surface area (Å²) in [5.41, 5.74) is -0.477. The molecule has 6 heteroatoms. The molecule has 0 saturated carbocycles. The quantitative estimate of drug-likeness (QED) is 0.417. The molecule has 0 aliphatic rings. The SMILES string of the molecule is C=C(CC(=O)[O-])C(=O)[O-].CC(=O)[O-]. The van der Waals surface area contributed by atoms with Gasteiger partial charge in [-0.3, -0.25) is 0 Å². The molecule has 0 bridgehead atoms. The molecule has 0 aromatic rings. The Morgan fingerprint density at radius 2 is 1.46 bits per heavy atom. The zero-order valence-corrected chi connectivity index (χ0v) is 6.86. The first-order valence-electron chi connectivity index (χ1n) is 3.04. The summed E-state index contributed by atoms with van der Waals surface area (Å²) >= 11 is 0. The van der Waals surface area contributed by atoms with Crippen LogP contribution in [0.2, 0.25) is 0 Å². The fourth-order valence-electron chi connectivity index (χ4n) is 0.246. The number of carbonyl (C=O) groups excluding carboxylic acids is 3. The molecule has 0 fully saturated rings. The zero-order valence-electron chi connectivity index (χ0n) is 6.86. The molecule has 0 aromatic heterocycles. The van der Waals surface area contributed by atoms with Crippen LogP contribution in [0.25, 0.3) is 0 Å². The topological polar surface area (TPSA) is 120 Å². The highest BCUT2D eigenvalue weighted by molar-refractivity contribution is 5.89. The second kappa shape index (κ2) is 6.84. The summed E-state index contributed by atoms with van der Waals surface area (Å²) in [7, 11) is 0. The molecule has 0 aliphatic carbocycles. The van der Waals surface area contributed by atoms with Gasteiger partial charge in [0.2, 0.25) is 0 Å². The molecule has 0 saturated heterocycles. The van der Waals surface area contributed by atoms with Gasteiger partial charge in [0.1, 0.15) is 0 Å². The van der Waals surface area contributed by atoms with Gasteiger partial charge in [-0.25, -0.2) is 0 Å². The van der Waals surface area contributed by atoms with Crippen LogP contribution >= 0.6 is 0 Å². The van der Waals surface area contributed by atoms with E-state index in [9.17, 15) is 19.8 Å². The average molecular weight is 187 g/mol. The van der Waals surface area contributed by atoms with Gasteiger partial charge in [-0.05, 0) is 12.5 Å². The van der Waals surface area contributed by atoms with E-state index >= 15 is 0 Å². The number of carboxylic acid groups (broad SMARTS) is 3. The molecule has 0 amide bonds. The van der Waals surface area contributed by atoms with Gasteiger partial charge < -0.3 is 29.7 Å². The van der Waals surface area contributed by atoms with Crippen molar-refractivity contribution in [3.63, 3.8) is 0 Å². The maximum atomic E-state index is 9.73. The molecule has 0 atom stereocenters. The van der Waals surface area contributed by atoms with Crippen molar-refractivity contribution < 1.29 is 29.7 Å². The standard InChI is InChI=1S/C5H6O4.C2H4O2/c1-3(5(8)9)2-4(6)7;1-2(3)4/h1-2H2,(H,6,7)(H,8,9);1H3,(H,3,4)/p-3. The normalized spacial score (nSPS) is 7.77. The number of hydrogen-bond acceptors (Lipinski definition) is 6. The van der Waals surface area contributed by atoms with Crippen molar-refractivity contribution in [2.45, 2.75) is 13.3 Å². The lowest BCUT2D eigenvalue weighted by Gasteiger charge is -2.05. The molecule has 0 aliphatic heterocycles. The van der Waals surface area contributed by atoms with E-state index in [2.05, 4.69) is 6.58 Å². The molecular formula is C7H7O6-3. The summed E-state index contributed by atoms with van der Waals surface area (Å²) in [6.45, 7) is 3.88. The molecule has 0 rings (SSSR count). The van der Waals surface area contributed by atoms with Crippen LogP contribution in [0.15, 0.2) is 12.2 Å². The third-order valence-corrected chi connectivity index (χ3v) is 0.646. The number of hydrogen-bond donors (Lipinski definition) is 0. The predicted molar refractivity (Wildman–Crippen MR) is 34.5 cm³/mol. The van der Waals surface area contributed by atoms with Crippen LogP contribution in [0, 0.1) is 0 Å². The lowest BCUT2D eigenvalue weighted by molar-refractivity contribution is -0.309. The van der Waals surface area contributed by atoms with E-state index in [0.29, 0.717) is 0 Å². The fourth-order valence-corrected chi connectivity index (χ4v) is 0.246. The molecule has 0 aromatic carbocycles. The van der Waals surface area contributed by atoms with Crippen LogP contribution < -0.4 is 15.3 Å². The Kier molecular flexibility index (Phi) is 7.21. The van der Waals surface area contributed by atoms with E-state index in [1.165, 1.54) is 0 Å². The number of carbonyl (C=O) groups is 3. The molecule has 0 radical (unpaired) electrons. The van der Waals surface area contributed by atoms with Gasteiger partial charge in [0.15, 0.2) is 0 Å². The molecule has 0 unspecified atom stereocenters. The molecule has 6 nitrogen and oxygen atoms in total. The summed E-state index contributed by atoms with van der Waals surface area (Å²) in [4.78, 5) is 28.3. The first-order valence-corrected chi connectivity index (χ1v) is 3.04. The minimum absolute atomic E-state index is 0.477. The lowest BCUT2D eigenvalue weighted by atomic mass is 10.2. The van der Waals surface area contributed by atoms with E-state index < -0.39 is 29.9 Å². The van der Waals surface area contributed by atoms with Crippen molar-refractivity contribution in [3.8, 4) is 0 Å². The Morgan fingerprint density at radius 3 is 1.54 bits per heavy atom. The van der Waals surface area contributed by atoms with Crippen molar-refractivity contribution in [3.05, 3.63) is 12.2 Å². The minimum Gasteiger partial charge on any atom is -0.550 e. The van der Waals surface area contributed by atoms with E-state index in [1.807, 2.05) is 0 Å². The summed E-state index contributed by atoms with van der Waals surface area (Å²) in [6, 6.07) is 0. The third kappa shape index (κ3) is 17.8. The highest BCUT2D eigenvalue weighted by Gasteiger charge is 1.92. The van der Waals surface area contributed by atoms with Crippen LogP contribution in [0.5, 0.6) is 0 Å². The maximum absolute atomic E-state index is 9.73. The number of rotatable bonds is 3. The van der Waals surface area contributed by atoms with E-state index in [-0.39, 0.29) is 0 Å². The highest BCUT2D eigenvalue weighted by atomic mass is 16.4. The Morgan fingerprint density at radius 1 is 1.15 bits per heavy atom. The second-order valence-electron chi connectivity index (χ2n) is 1.93. The van der Waals surface area contributed by atoms with E-state index in [1.54, 1.807) is 0 Å². The lowest BCUT2D eigenvalue weighted by Crippen LogP contribution is -2.29. The van der Waals surface area contributed by atoms with E-state index in [4.69, 9.17) is 9.90 Å². The van der Waals surface area contributed by atoms with E-state index in [0.717, 1.165) is 6.92 Å². The maximum Gasteiger partial charge on any atom is 0.0672 e. The number of aliphatic carboxylic acids is 3. The monoisotopic (exact) mass is 187 g/mol. The van der Waals surface area contributed by atoms with Crippen molar-refractivity contribution in [1.82, 2.24) is 0 Å². The molecule has 74 valence electrons. The molecule has 0 N–H and O–H groups in total. The van der Waals surface area contributed by atoms with Crippen LogP contribution in [0.1, 0.15) is 13.3 Å². The highest BCUT2D eigenvalue weighted by Crippen LogP contribution is 1.92. The predicted octanol–water partition coefficient (Wildman–Crippen LogP) is -3.81. The van der Waals surface area contributed by atoms with Crippen molar-refractivity contribution in [1.29, 1.82) is 0 Å². The zero-order chi connectivity index (χ0) is 11.0. The fraction of sp³-hybridized carbons (Fsp3) is 0.286. The van der Waals surface area contributed by atoms with Gasteiger partial charge in [-0.2, -0.15) is 0 Å². The van der Waals surface area contributed by atoms with Crippen LogP contribution in [0.3, 0.4) is 0 Å². The van der Waals surface area contributed by atoms with Gasteiger partial charge in [0.05, 0.1) is 5.97 Å². The largest absolute Gasteiger partial charge is 0.550 e. The first kappa shape index (κ1) is 13.7. The van der Waals surface area contributed by atoms with Crippen molar-refractivity contribution in [2.24, 2.45) is 0 Å². The first-order chi connectivity index (χ1) is 5.77. The van der Waals surface area contributed by atoms with Crippen LogP contribution in [-0.2, 0) is 14.4 Å². The van der Waals surface area contributed by atoms with Gasteiger partial charge in [-0.1, -0.05) is 6.58 Å². The number of carboxylic acids is 3. The average Bonchev–Trinajstić information content (AvgIpc) is 1.83. The Bertz CT molecular complexity index is 225. The molecular weight excluding hydrogens is 180 g/mol. The van der Waals surface area contributed by atoms with Crippen LogP contribution in [-0.4, -0.2) is 17.9 Å². The van der Waals surface area contributed by atoms with Crippen LogP contribution in [0.4, 0.5) is 0 Å². The summed E-state index contributed by atoms with van der Waals surface area (Å²) < 4.78 is 0. The molecule has 0 spiro atoms. The Labute approximate surface area is 74.1 Å². The Hall–Kier alpha value is -1.85. The molecule has 13 heavy (non-hydrogen) atoms. The summed E-state index contributed by atoms with van der Waals surface area (Å²) in [5.74, 6) is -4.11. The van der Waals surface area contributed by atoms with Crippen molar-refractivity contribution in [2.75, 3.05) is 0 Å². The second-order valence-corrected chi connectivity index (χ2v) is 1.93. The third-order valence-electron chi connectivity index (χ3n) is 0.646. The van der Waals surface area contributed by atoms with Crippen molar-refractivity contribution >= 4 is 17.9 Å². The smallest absolute Gasteiger partial charge is 0.0672 e. The van der Waals surface area contributed by atoms with Gasteiger partial charge in [-0.15, -0.1) is 0 Å². The van der Waals surface area contributed by atoms with Gasteiger partial charge in [0, 0.05) is 18.4 Å².